The normalized spacial score (nSPS) is 32.4. The molecule has 5 nitrogen and oxygen atoms in total. The summed E-state index contributed by atoms with van der Waals surface area (Å²) in [7, 11) is 1.83. The molecule has 0 aliphatic carbocycles. The number of hydrogen-bond acceptors (Lipinski definition) is 4. The van der Waals surface area contributed by atoms with Crippen LogP contribution in [0.3, 0.4) is 0 Å². The zero-order valence-electron chi connectivity index (χ0n) is 17.0. The molecule has 0 aromatic heterocycles. The summed E-state index contributed by atoms with van der Waals surface area (Å²) in [6, 6.07) is 11.4. The molecule has 2 N–H and O–H groups in total. The van der Waals surface area contributed by atoms with Gasteiger partial charge in [0.15, 0.2) is 5.11 Å². The largest absolute Gasteiger partial charge is 0.383 e. The van der Waals surface area contributed by atoms with E-state index in [0.717, 1.165) is 35.8 Å². The number of piperidine rings is 3. The molecule has 4 aliphatic rings. The zero-order chi connectivity index (χ0) is 19.3. The predicted molar refractivity (Wildman–Crippen MR) is 119 cm³/mol. The highest BCUT2D eigenvalue weighted by Crippen LogP contribution is 2.37. The Kier molecular flexibility index (Phi) is 6.83. The lowest BCUT2D eigenvalue weighted by Gasteiger charge is -2.51. The fraction of sp³-hybridized carbons (Fsp3) is 0.682. The van der Waals surface area contributed by atoms with Gasteiger partial charge < -0.3 is 15.4 Å². The molecule has 1 unspecified atom stereocenters. The monoisotopic (exact) mass is 402 g/mol. The van der Waals surface area contributed by atoms with Crippen LogP contribution in [0.1, 0.15) is 25.7 Å². The molecule has 5 rings (SSSR count). The maximum atomic E-state index is 5.49. The molecule has 4 aliphatic heterocycles. The van der Waals surface area contributed by atoms with Crippen LogP contribution >= 0.6 is 12.2 Å². The number of fused-ring (bicyclic) bond motifs is 3. The molecule has 0 amide bonds. The van der Waals surface area contributed by atoms with Gasteiger partial charge in [-0.3, -0.25) is 9.80 Å². The summed E-state index contributed by atoms with van der Waals surface area (Å²) in [5, 5.41) is 7.46. The van der Waals surface area contributed by atoms with E-state index in [-0.39, 0.29) is 0 Å². The van der Waals surface area contributed by atoms with Crippen molar-refractivity contribution in [2.24, 2.45) is 11.8 Å². The maximum absolute atomic E-state index is 5.49. The first kappa shape index (κ1) is 20.1. The molecule has 0 saturated carbocycles. The molecule has 4 saturated heterocycles. The quantitative estimate of drug-likeness (QED) is 0.684. The number of anilines is 1. The number of hydrogen-bond donors (Lipinski definition) is 2. The number of likely N-dealkylation sites (tertiary alicyclic amines) is 1. The number of thiocarbonyl (C=S) groups is 1. The Balaban J connectivity index is 1.24. The van der Waals surface area contributed by atoms with Crippen LogP contribution in [0.2, 0.25) is 0 Å². The van der Waals surface area contributed by atoms with E-state index < -0.39 is 0 Å². The van der Waals surface area contributed by atoms with Gasteiger partial charge in [-0.05, 0) is 75.0 Å². The Hall–Kier alpha value is -1.21. The second-order valence-electron chi connectivity index (χ2n) is 8.64. The molecule has 6 heteroatoms. The number of nitrogens with one attached hydrogen (secondary N) is 2. The molecule has 5 atom stereocenters. The highest BCUT2D eigenvalue weighted by molar-refractivity contribution is 7.80. The van der Waals surface area contributed by atoms with E-state index in [1.165, 1.54) is 51.9 Å². The minimum absolute atomic E-state index is 0.610. The van der Waals surface area contributed by atoms with Crippen molar-refractivity contribution in [3.05, 3.63) is 30.3 Å². The number of ether oxygens (including phenoxy) is 1. The summed E-state index contributed by atoms with van der Waals surface area (Å²) in [5.74, 6) is 1.67. The summed E-state index contributed by atoms with van der Waals surface area (Å²) in [4.78, 5) is 5.40. The molecule has 0 radical (unpaired) electrons. The number of methoxy groups -OCH3 is 1. The maximum Gasteiger partial charge on any atom is 0.170 e. The van der Waals surface area contributed by atoms with E-state index in [1.807, 2.05) is 37.4 Å². The average Bonchev–Trinajstić information content (AvgIpc) is 3.15. The minimum atomic E-state index is 0.610. The van der Waals surface area contributed by atoms with Crippen molar-refractivity contribution in [2.75, 3.05) is 51.8 Å². The van der Waals surface area contributed by atoms with Crippen LogP contribution in [0, 0.1) is 11.8 Å². The van der Waals surface area contributed by atoms with Gasteiger partial charge in [-0.15, -0.1) is 0 Å². The standard InChI is InChI=1S/C22H34N4OS/c1-27-16-20-8-5-10-25(20)14-18-15-26-11-9-17(18)12-21(26)13-23-22(28)24-19-6-3-2-4-7-19/h2-4,6-7,17-18,20-21H,5,8-16H2,1H3,(H2,23,24,28)/t17-,18-,20+,21+/m0/s1. The van der Waals surface area contributed by atoms with Crippen molar-refractivity contribution in [2.45, 2.75) is 37.8 Å². The van der Waals surface area contributed by atoms with Crippen LogP contribution in [0.25, 0.3) is 0 Å². The second kappa shape index (κ2) is 9.53. The lowest BCUT2D eigenvalue weighted by Crippen LogP contribution is -2.59. The van der Waals surface area contributed by atoms with Gasteiger partial charge in [0.25, 0.3) is 0 Å². The van der Waals surface area contributed by atoms with Crippen molar-refractivity contribution in [1.82, 2.24) is 15.1 Å². The first-order valence-corrected chi connectivity index (χ1v) is 11.2. The van der Waals surface area contributed by atoms with Crippen LogP contribution in [-0.4, -0.2) is 73.4 Å². The SMILES string of the molecule is COC[C@H]1CCCN1C[C@H]1CN2CC[C@H]1C[C@@H]2CNC(=S)Nc1ccccc1. The number of nitrogens with zero attached hydrogens (tertiary/aromatic N) is 2. The van der Waals surface area contributed by atoms with Gasteiger partial charge in [-0.1, -0.05) is 18.2 Å². The Labute approximate surface area is 174 Å². The van der Waals surface area contributed by atoms with Gasteiger partial charge in [0.05, 0.1) is 6.61 Å². The topological polar surface area (TPSA) is 39.8 Å². The van der Waals surface area contributed by atoms with E-state index in [2.05, 4.69) is 20.4 Å². The Morgan fingerprint density at radius 3 is 2.79 bits per heavy atom. The van der Waals surface area contributed by atoms with Crippen molar-refractivity contribution in [3.8, 4) is 0 Å². The fourth-order valence-electron chi connectivity index (χ4n) is 5.39. The molecule has 0 spiro atoms. The number of benzene rings is 1. The molecule has 1 aromatic carbocycles. The van der Waals surface area contributed by atoms with Gasteiger partial charge in [0.2, 0.25) is 0 Å². The number of rotatable bonds is 7. The molecule has 4 heterocycles. The van der Waals surface area contributed by atoms with E-state index >= 15 is 0 Å². The summed E-state index contributed by atoms with van der Waals surface area (Å²) in [6.45, 7) is 6.82. The van der Waals surface area contributed by atoms with Crippen molar-refractivity contribution < 1.29 is 4.74 Å². The summed E-state index contributed by atoms with van der Waals surface area (Å²) in [5.41, 5.74) is 1.04. The predicted octanol–water partition coefficient (Wildman–Crippen LogP) is 2.79. The van der Waals surface area contributed by atoms with Gasteiger partial charge >= 0.3 is 0 Å². The minimum Gasteiger partial charge on any atom is -0.383 e. The smallest absolute Gasteiger partial charge is 0.170 e. The van der Waals surface area contributed by atoms with Gasteiger partial charge in [-0.25, -0.2) is 0 Å². The van der Waals surface area contributed by atoms with E-state index in [9.17, 15) is 0 Å². The third-order valence-electron chi connectivity index (χ3n) is 6.87. The molecule has 4 fully saturated rings. The van der Waals surface area contributed by atoms with Crippen LogP contribution in [0.5, 0.6) is 0 Å². The van der Waals surface area contributed by atoms with E-state index in [1.54, 1.807) is 0 Å². The van der Waals surface area contributed by atoms with Crippen molar-refractivity contribution in [1.29, 1.82) is 0 Å². The van der Waals surface area contributed by atoms with E-state index in [0.29, 0.717) is 12.1 Å². The average molecular weight is 403 g/mol. The molecule has 2 bridgehead atoms. The molecule has 154 valence electrons. The first-order chi connectivity index (χ1) is 13.7. The van der Waals surface area contributed by atoms with Crippen molar-refractivity contribution in [3.63, 3.8) is 0 Å². The molecular weight excluding hydrogens is 368 g/mol. The molecule has 1 aromatic rings. The first-order valence-electron chi connectivity index (χ1n) is 10.8. The third kappa shape index (κ3) is 4.85. The highest BCUT2D eigenvalue weighted by atomic mass is 32.1. The van der Waals surface area contributed by atoms with Crippen LogP contribution in [0.4, 0.5) is 5.69 Å². The summed E-state index contributed by atoms with van der Waals surface area (Å²) < 4.78 is 5.44. The Bertz CT molecular complexity index is 643. The van der Waals surface area contributed by atoms with Crippen molar-refractivity contribution >= 4 is 23.0 Å². The van der Waals surface area contributed by atoms with Crippen LogP contribution in [0.15, 0.2) is 30.3 Å². The Morgan fingerprint density at radius 1 is 1.18 bits per heavy atom. The molecule has 28 heavy (non-hydrogen) atoms. The summed E-state index contributed by atoms with van der Waals surface area (Å²) in [6.07, 6.45) is 5.28. The summed E-state index contributed by atoms with van der Waals surface area (Å²) >= 11 is 5.49. The van der Waals surface area contributed by atoms with Crippen LogP contribution < -0.4 is 10.6 Å². The Morgan fingerprint density at radius 2 is 2.04 bits per heavy atom. The third-order valence-corrected chi connectivity index (χ3v) is 7.12. The van der Waals surface area contributed by atoms with Gasteiger partial charge in [0.1, 0.15) is 0 Å². The highest BCUT2D eigenvalue weighted by Gasteiger charge is 2.41. The fourth-order valence-corrected chi connectivity index (χ4v) is 5.59. The molecular formula is C22H34N4OS. The second-order valence-corrected chi connectivity index (χ2v) is 9.05. The van der Waals surface area contributed by atoms with Gasteiger partial charge in [0, 0.05) is 44.5 Å². The number of para-hydroxylation sites is 1. The van der Waals surface area contributed by atoms with E-state index in [4.69, 9.17) is 17.0 Å². The van der Waals surface area contributed by atoms with Gasteiger partial charge in [-0.2, -0.15) is 0 Å². The zero-order valence-corrected chi connectivity index (χ0v) is 17.8. The lowest BCUT2D eigenvalue weighted by molar-refractivity contribution is -0.0158. The lowest BCUT2D eigenvalue weighted by atomic mass is 9.75. The van der Waals surface area contributed by atoms with Crippen LogP contribution in [-0.2, 0) is 4.74 Å².